The molecular weight excluding hydrogens is 329 g/mol. The predicted molar refractivity (Wildman–Crippen MR) is 76.4 cm³/mol. The summed E-state index contributed by atoms with van der Waals surface area (Å²) in [5.74, 6) is -1.49. The Balaban J connectivity index is 2.34. The number of hydrogen-bond acceptors (Lipinski definition) is 3. The molecule has 2 rings (SSSR count). The lowest BCUT2D eigenvalue weighted by molar-refractivity contribution is -0.123. The van der Waals surface area contributed by atoms with Crippen molar-refractivity contribution in [3.05, 3.63) is 28.0 Å². The van der Waals surface area contributed by atoms with E-state index in [9.17, 15) is 14.0 Å². The van der Waals surface area contributed by atoms with Crippen molar-refractivity contribution in [2.45, 2.75) is 25.3 Å². The minimum absolute atomic E-state index is 0.107. The van der Waals surface area contributed by atoms with Gasteiger partial charge in [-0.25, -0.2) is 4.39 Å². The van der Waals surface area contributed by atoms with Gasteiger partial charge in [-0.3, -0.25) is 9.59 Å². The maximum atomic E-state index is 13.3. The van der Waals surface area contributed by atoms with Crippen LogP contribution in [0.4, 0.5) is 10.1 Å². The summed E-state index contributed by atoms with van der Waals surface area (Å²) in [5, 5.41) is 0. The molecule has 1 atom stereocenters. The molecule has 1 aromatic carbocycles. The third kappa shape index (κ3) is 2.77. The first-order valence-corrected chi connectivity index (χ1v) is 7.06. The number of rotatable bonds is 2. The number of carbonyl (C=O) groups excluding carboxylic acids is 2. The number of benzene rings is 1. The molecule has 0 saturated carbocycles. The van der Waals surface area contributed by atoms with Gasteiger partial charge < -0.3 is 16.4 Å². The van der Waals surface area contributed by atoms with Gasteiger partial charge in [-0.1, -0.05) is 0 Å². The summed E-state index contributed by atoms with van der Waals surface area (Å²) in [4.78, 5) is 25.4. The number of carbonyl (C=O) groups is 2. The zero-order chi connectivity index (χ0) is 14.9. The van der Waals surface area contributed by atoms with E-state index in [-0.39, 0.29) is 17.2 Å². The maximum Gasteiger partial charge on any atom is 0.255 e. The number of primary amides is 1. The number of nitrogen functional groups attached to an aromatic ring is 1. The number of nitrogens with two attached hydrogens (primary N) is 2. The summed E-state index contributed by atoms with van der Waals surface area (Å²) in [6.45, 7) is 0.455. The fourth-order valence-corrected chi connectivity index (χ4v) is 2.84. The van der Waals surface area contributed by atoms with E-state index < -0.39 is 17.8 Å². The van der Waals surface area contributed by atoms with Gasteiger partial charge in [0.1, 0.15) is 11.9 Å². The molecule has 1 heterocycles. The minimum atomic E-state index is -0.616. The molecule has 1 aliphatic heterocycles. The fraction of sp³-hybridized carbons (Fsp3) is 0.385. The Labute approximate surface area is 124 Å². The van der Waals surface area contributed by atoms with Crippen molar-refractivity contribution < 1.29 is 14.0 Å². The molecule has 0 spiro atoms. The Kier molecular flexibility index (Phi) is 4.27. The maximum absolute atomic E-state index is 13.3. The van der Waals surface area contributed by atoms with E-state index >= 15 is 0 Å². The van der Waals surface area contributed by atoms with Crippen LogP contribution < -0.4 is 11.5 Å². The standard InChI is InChI=1S/C13H15BrFN3O2/c14-8-6-9(15)10(16)5-7(8)13(20)18-4-2-1-3-11(18)12(17)19/h5-6,11H,1-4,16H2,(H2,17,19). The Morgan fingerprint density at radius 2 is 2.05 bits per heavy atom. The van der Waals surface area contributed by atoms with Gasteiger partial charge >= 0.3 is 0 Å². The van der Waals surface area contributed by atoms with Gasteiger partial charge in [0, 0.05) is 11.0 Å². The number of amides is 2. The molecule has 7 heteroatoms. The van der Waals surface area contributed by atoms with Gasteiger partial charge in [-0.15, -0.1) is 0 Å². The average Bonchev–Trinajstić information content (AvgIpc) is 2.42. The van der Waals surface area contributed by atoms with Crippen molar-refractivity contribution in [1.82, 2.24) is 4.90 Å². The lowest BCUT2D eigenvalue weighted by Crippen LogP contribution is -2.50. The van der Waals surface area contributed by atoms with E-state index in [0.29, 0.717) is 17.4 Å². The predicted octanol–water partition coefficient (Wildman–Crippen LogP) is 1.65. The van der Waals surface area contributed by atoms with Crippen molar-refractivity contribution >= 4 is 33.4 Å². The zero-order valence-electron chi connectivity index (χ0n) is 10.7. The van der Waals surface area contributed by atoms with E-state index in [4.69, 9.17) is 11.5 Å². The topological polar surface area (TPSA) is 89.4 Å². The van der Waals surface area contributed by atoms with Gasteiger partial charge in [-0.2, -0.15) is 0 Å². The summed E-state index contributed by atoms with van der Waals surface area (Å²) in [6, 6.07) is 1.80. The first-order valence-electron chi connectivity index (χ1n) is 6.26. The summed E-state index contributed by atoms with van der Waals surface area (Å²) < 4.78 is 13.6. The molecular formula is C13H15BrFN3O2. The zero-order valence-corrected chi connectivity index (χ0v) is 12.3. The highest BCUT2D eigenvalue weighted by atomic mass is 79.9. The molecule has 0 bridgehead atoms. The Bertz CT molecular complexity index is 565. The minimum Gasteiger partial charge on any atom is -0.396 e. The lowest BCUT2D eigenvalue weighted by Gasteiger charge is -2.34. The van der Waals surface area contributed by atoms with Crippen molar-refractivity contribution in [3.8, 4) is 0 Å². The largest absolute Gasteiger partial charge is 0.396 e. The Morgan fingerprint density at radius 3 is 2.70 bits per heavy atom. The lowest BCUT2D eigenvalue weighted by atomic mass is 10.00. The van der Waals surface area contributed by atoms with Crippen LogP contribution in [0.3, 0.4) is 0 Å². The van der Waals surface area contributed by atoms with Crippen molar-refractivity contribution in [2.24, 2.45) is 5.73 Å². The van der Waals surface area contributed by atoms with Crippen molar-refractivity contribution in [3.63, 3.8) is 0 Å². The molecule has 4 N–H and O–H groups in total. The number of anilines is 1. The van der Waals surface area contributed by atoms with Gasteiger partial charge in [0.15, 0.2) is 0 Å². The molecule has 108 valence electrons. The second kappa shape index (κ2) is 5.78. The summed E-state index contributed by atoms with van der Waals surface area (Å²) in [5.41, 5.74) is 11.0. The molecule has 0 radical (unpaired) electrons. The summed E-state index contributed by atoms with van der Waals surface area (Å²) in [6.07, 6.45) is 2.21. The molecule has 2 amide bonds. The highest BCUT2D eigenvalue weighted by molar-refractivity contribution is 9.10. The molecule has 5 nitrogen and oxygen atoms in total. The van der Waals surface area contributed by atoms with Gasteiger partial charge in [0.25, 0.3) is 5.91 Å². The number of likely N-dealkylation sites (tertiary alicyclic amines) is 1. The highest BCUT2D eigenvalue weighted by Gasteiger charge is 2.32. The molecule has 1 fully saturated rings. The SMILES string of the molecule is NC(=O)C1CCCCN1C(=O)c1cc(N)c(F)cc1Br. The second-order valence-electron chi connectivity index (χ2n) is 4.77. The smallest absolute Gasteiger partial charge is 0.255 e. The number of piperidine rings is 1. The van der Waals surface area contributed by atoms with Crippen LogP contribution in [-0.2, 0) is 4.79 Å². The number of halogens is 2. The Morgan fingerprint density at radius 1 is 1.35 bits per heavy atom. The van der Waals surface area contributed by atoms with Crippen LogP contribution in [0.2, 0.25) is 0 Å². The van der Waals surface area contributed by atoms with Gasteiger partial charge in [-0.05, 0) is 47.3 Å². The van der Waals surface area contributed by atoms with E-state index in [1.165, 1.54) is 11.0 Å². The van der Waals surface area contributed by atoms with E-state index in [0.717, 1.165) is 18.9 Å². The van der Waals surface area contributed by atoms with E-state index in [1.807, 2.05) is 0 Å². The molecule has 1 unspecified atom stereocenters. The van der Waals surface area contributed by atoms with Crippen molar-refractivity contribution in [2.75, 3.05) is 12.3 Å². The van der Waals surface area contributed by atoms with Crippen LogP contribution in [-0.4, -0.2) is 29.3 Å². The molecule has 1 aliphatic rings. The van der Waals surface area contributed by atoms with Crippen molar-refractivity contribution in [1.29, 1.82) is 0 Å². The van der Waals surface area contributed by atoms with Gasteiger partial charge in [0.2, 0.25) is 5.91 Å². The first kappa shape index (κ1) is 14.8. The van der Waals surface area contributed by atoms with E-state index in [2.05, 4.69) is 15.9 Å². The molecule has 20 heavy (non-hydrogen) atoms. The first-order chi connectivity index (χ1) is 9.41. The van der Waals surface area contributed by atoms with Crippen LogP contribution in [0.1, 0.15) is 29.6 Å². The van der Waals surface area contributed by atoms with E-state index in [1.54, 1.807) is 0 Å². The number of nitrogens with zero attached hydrogens (tertiary/aromatic N) is 1. The molecule has 0 aromatic heterocycles. The molecule has 1 aromatic rings. The average molecular weight is 344 g/mol. The quantitative estimate of drug-likeness (QED) is 0.800. The third-order valence-electron chi connectivity index (χ3n) is 3.41. The van der Waals surface area contributed by atoms with Crippen LogP contribution in [0.25, 0.3) is 0 Å². The number of hydrogen-bond donors (Lipinski definition) is 2. The third-order valence-corrected chi connectivity index (χ3v) is 4.06. The summed E-state index contributed by atoms with van der Waals surface area (Å²) in [7, 11) is 0. The highest BCUT2D eigenvalue weighted by Crippen LogP contribution is 2.27. The van der Waals surface area contributed by atoms with Crippen LogP contribution in [0, 0.1) is 5.82 Å². The van der Waals surface area contributed by atoms with Crippen LogP contribution in [0.15, 0.2) is 16.6 Å². The normalized spacial score (nSPS) is 18.9. The molecule has 1 saturated heterocycles. The van der Waals surface area contributed by atoms with Crippen LogP contribution >= 0.6 is 15.9 Å². The molecule has 0 aliphatic carbocycles. The second-order valence-corrected chi connectivity index (χ2v) is 5.62. The summed E-state index contributed by atoms with van der Waals surface area (Å²) >= 11 is 3.15. The fourth-order valence-electron chi connectivity index (χ4n) is 2.35. The van der Waals surface area contributed by atoms with Crippen LogP contribution in [0.5, 0.6) is 0 Å². The Hall–Kier alpha value is -1.63. The van der Waals surface area contributed by atoms with Gasteiger partial charge in [0.05, 0.1) is 11.3 Å². The monoisotopic (exact) mass is 343 g/mol.